The molecule has 2 N–H and O–H groups in total. The van der Waals surface area contributed by atoms with Gasteiger partial charge in [-0.2, -0.15) is 13.2 Å². The van der Waals surface area contributed by atoms with Crippen LogP contribution in [0.4, 0.5) is 29.1 Å². The Morgan fingerprint density at radius 3 is 1.91 bits per heavy atom. The minimum atomic E-state index is -4.95. The number of hydrogen-bond acceptors (Lipinski definition) is 8. The van der Waals surface area contributed by atoms with E-state index in [0.29, 0.717) is 11.5 Å². The van der Waals surface area contributed by atoms with E-state index in [2.05, 4.69) is 9.97 Å². The number of carbonyl (C=O) groups is 1. The minimum absolute atomic E-state index is 0.0722. The van der Waals surface area contributed by atoms with Crippen molar-refractivity contribution in [1.29, 1.82) is 0 Å². The smallest absolute Gasteiger partial charge is 0.418 e. The van der Waals surface area contributed by atoms with E-state index in [1.165, 1.54) is 34.1 Å². The number of rotatable bonds is 10. The molecule has 0 aliphatic rings. The van der Waals surface area contributed by atoms with E-state index < -0.39 is 51.3 Å². The van der Waals surface area contributed by atoms with E-state index in [-0.39, 0.29) is 31.1 Å². The molecular weight excluding hydrogens is 604 g/mol. The van der Waals surface area contributed by atoms with Crippen molar-refractivity contribution in [2.24, 2.45) is 0 Å². The van der Waals surface area contributed by atoms with Gasteiger partial charge in [0, 0.05) is 13.1 Å². The Labute approximate surface area is 256 Å². The van der Waals surface area contributed by atoms with Gasteiger partial charge in [0.25, 0.3) is 0 Å². The lowest BCUT2D eigenvalue weighted by Gasteiger charge is -2.27. The largest absolute Gasteiger partial charge is 0.497 e. The maximum absolute atomic E-state index is 15.7. The Kier molecular flexibility index (Phi) is 9.83. The highest BCUT2D eigenvalue weighted by Crippen LogP contribution is 2.42. The van der Waals surface area contributed by atoms with Gasteiger partial charge >= 0.3 is 12.1 Å². The van der Waals surface area contributed by atoms with E-state index in [4.69, 9.17) is 31.5 Å². The monoisotopic (exact) mass is 632 g/mol. The number of hydrogen-bond donors (Lipinski definition) is 1. The van der Waals surface area contributed by atoms with Crippen LogP contribution in [0.25, 0.3) is 11.4 Å². The number of carbonyl (C=O) groups excluding carboxylic acids is 1. The molecule has 13 heteroatoms. The predicted octanol–water partition coefficient (Wildman–Crippen LogP) is 7.25. The molecule has 4 aromatic rings. The molecule has 0 bridgehead atoms. The summed E-state index contributed by atoms with van der Waals surface area (Å²) < 4.78 is 74.3. The fourth-order valence-corrected chi connectivity index (χ4v) is 4.84. The molecule has 44 heavy (non-hydrogen) atoms. The fourth-order valence-electron chi connectivity index (χ4n) is 4.57. The molecule has 232 valence electrons. The third-order valence-corrected chi connectivity index (χ3v) is 6.98. The second-order valence-electron chi connectivity index (χ2n) is 9.65. The zero-order valence-electron chi connectivity index (χ0n) is 24.3. The maximum Gasteiger partial charge on any atom is 0.418 e. The van der Waals surface area contributed by atoms with Crippen molar-refractivity contribution < 1.29 is 36.6 Å². The SMILES string of the molecule is CCOC(=O)c1c(Cl)nc(-c2nc(N(Cc3ccc(OC)cc3)Cc3ccc(OC)cc3)cc(C)c2C(F)(F)F)c(F)c1N. The van der Waals surface area contributed by atoms with Crippen LogP contribution in [-0.2, 0) is 24.0 Å². The third kappa shape index (κ3) is 6.96. The zero-order chi connectivity index (χ0) is 32.2. The van der Waals surface area contributed by atoms with Crippen molar-refractivity contribution in [3.8, 4) is 22.9 Å². The van der Waals surface area contributed by atoms with Gasteiger partial charge in [0.15, 0.2) is 5.82 Å². The standard InChI is InChI=1S/C31H29ClF4N4O4/c1-5-44-30(41)23-26(37)25(33)28(39-29(23)32)27-24(31(34,35)36)17(2)14-22(38-27)40(15-18-6-10-20(42-3)11-7-18)16-19-8-12-21(43-4)13-9-19/h6-14H,5,15-16H2,1-4H3,(H2,37,39). The average molecular weight is 633 g/mol. The Morgan fingerprint density at radius 2 is 1.45 bits per heavy atom. The average Bonchev–Trinajstić information content (AvgIpc) is 2.98. The lowest BCUT2D eigenvalue weighted by molar-refractivity contribution is -0.137. The number of ether oxygens (including phenoxy) is 3. The molecular formula is C31H29ClF4N4O4. The third-order valence-electron chi connectivity index (χ3n) is 6.71. The number of methoxy groups -OCH3 is 2. The summed E-state index contributed by atoms with van der Waals surface area (Å²) in [7, 11) is 3.07. The van der Waals surface area contributed by atoms with Crippen molar-refractivity contribution in [1.82, 2.24) is 9.97 Å². The Morgan fingerprint density at radius 1 is 0.932 bits per heavy atom. The van der Waals surface area contributed by atoms with Crippen molar-refractivity contribution in [3.05, 3.63) is 93.4 Å². The summed E-state index contributed by atoms with van der Waals surface area (Å²) in [6.07, 6.45) is -4.95. The Balaban J connectivity index is 1.91. The number of pyridine rings is 2. The summed E-state index contributed by atoms with van der Waals surface area (Å²) in [4.78, 5) is 22.2. The van der Waals surface area contributed by atoms with Crippen LogP contribution in [0, 0.1) is 12.7 Å². The molecule has 0 saturated carbocycles. The van der Waals surface area contributed by atoms with Crippen LogP contribution in [0.5, 0.6) is 11.5 Å². The lowest BCUT2D eigenvalue weighted by Crippen LogP contribution is -2.25. The summed E-state index contributed by atoms with van der Waals surface area (Å²) in [5, 5.41) is -0.622. The van der Waals surface area contributed by atoms with Gasteiger partial charge in [0.05, 0.1) is 32.1 Å². The maximum atomic E-state index is 15.7. The lowest BCUT2D eigenvalue weighted by atomic mass is 10.0. The summed E-state index contributed by atoms with van der Waals surface area (Å²) in [6.45, 7) is 3.11. The number of aromatic nitrogens is 2. The molecule has 0 atom stereocenters. The molecule has 0 amide bonds. The number of benzene rings is 2. The quantitative estimate of drug-likeness (QED) is 0.111. The van der Waals surface area contributed by atoms with Crippen LogP contribution in [0.1, 0.15) is 39.5 Å². The first kappa shape index (κ1) is 32.3. The van der Waals surface area contributed by atoms with E-state index in [9.17, 15) is 18.0 Å². The van der Waals surface area contributed by atoms with E-state index in [1.807, 2.05) is 24.3 Å². The predicted molar refractivity (Wildman–Crippen MR) is 158 cm³/mol. The van der Waals surface area contributed by atoms with Crippen molar-refractivity contribution in [3.63, 3.8) is 0 Å². The topological polar surface area (TPSA) is 99.8 Å². The van der Waals surface area contributed by atoms with Gasteiger partial charge in [-0.3, -0.25) is 0 Å². The fraction of sp³-hybridized carbons (Fsp3) is 0.258. The first-order chi connectivity index (χ1) is 20.9. The molecule has 8 nitrogen and oxygen atoms in total. The molecule has 0 saturated heterocycles. The highest BCUT2D eigenvalue weighted by Gasteiger charge is 2.39. The molecule has 0 radical (unpaired) electrons. The number of esters is 1. The number of halogens is 5. The summed E-state index contributed by atoms with van der Waals surface area (Å²) in [5.41, 5.74) is 2.93. The van der Waals surface area contributed by atoms with Crippen LogP contribution in [0.15, 0.2) is 54.6 Å². The highest BCUT2D eigenvalue weighted by molar-refractivity contribution is 6.33. The van der Waals surface area contributed by atoms with Gasteiger partial charge in [-0.1, -0.05) is 35.9 Å². The molecule has 2 aromatic heterocycles. The molecule has 2 aromatic carbocycles. The highest BCUT2D eigenvalue weighted by atomic mass is 35.5. The first-order valence-corrected chi connectivity index (χ1v) is 13.7. The Hall–Kier alpha value is -4.58. The van der Waals surface area contributed by atoms with Crippen LogP contribution in [-0.4, -0.2) is 36.8 Å². The number of nitrogens with two attached hydrogens (primary N) is 1. The number of aryl methyl sites for hydroxylation is 1. The van der Waals surface area contributed by atoms with Gasteiger partial charge in [-0.05, 0) is 60.9 Å². The molecule has 0 aliphatic carbocycles. The van der Waals surface area contributed by atoms with Gasteiger partial charge in [0.1, 0.15) is 39.4 Å². The molecule has 2 heterocycles. The summed E-state index contributed by atoms with van der Waals surface area (Å²) >= 11 is 6.16. The van der Waals surface area contributed by atoms with Crippen LogP contribution in [0.3, 0.4) is 0 Å². The van der Waals surface area contributed by atoms with Crippen LogP contribution >= 0.6 is 11.6 Å². The van der Waals surface area contributed by atoms with Gasteiger partial charge < -0.3 is 24.8 Å². The number of nitrogens with zero attached hydrogens (tertiary/aromatic N) is 3. The van der Waals surface area contributed by atoms with Crippen molar-refractivity contribution in [2.75, 3.05) is 31.5 Å². The van der Waals surface area contributed by atoms with E-state index >= 15 is 4.39 Å². The number of anilines is 2. The van der Waals surface area contributed by atoms with E-state index in [1.54, 1.807) is 29.2 Å². The van der Waals surface area contributed by atoms with Crippen molar-refractivity contribution >= 4 is 29.1 Å². The van der Waals surface area contributed by atoms with Gasteiger partial charge in [-0.15, -0.1) is 0 Å². The molecule has 0 aliphatic heterocycles. The first-order valence-electron chi connectivity index (χ1n) is 13.3. The second-order valence-corrected chi connectivity index (χ2v) is 10.0. The zero-order valence-corrected chi connectivity index (χ0v) is 25.0. The normalized spacial score (nSPS) is 11.3. The second kappa shape index (κ2) is 13.4. The minimum Gasteiger partial charge on any atom is -0.497 e. The van der Waals surface area contributed by atoms with Gasteiger partial charge in [0.2, 0.25) is 0 Å². The number of alkyl halides is 3. The Bertz CT molecular complexity index is 1600. The molecule has 0 spiro atoms. The van der Waals surface area contributed by atoms with Crippen LogP contribution in [0.2, 0.25) is 5.15 Å². The van der Waals surface area contributed by atoms with Gasteiger partial charge in [-0.25, -0.2) is 19.2 Å². The molecule has 0 fully saturated rings. The van der Waals surface area contributed by atoms with E-state index in [0.717, 1.165) is 11.1 Å². The summed E-state index contributed by atoms with van der Waals surface area (Å²) in [5.74, 6) is -1.09. The van der Waals surface area contributed by atoms with Crippen molar-refractivity contribution in [2.45, 2.75) is 33.1 Å². The molecule has 0 unspecified atom stereocenters. The number of nitrogen functional groups attached to an aromatic ring is 1. The van der Waals surface area contributed by atoms with Crippen LogP contribution < -0.4 is 20.1 Å². The molecule has 4 rings (SSSR count). The summed E-state index contributed by atoms with van der Waals surface area (Å²) in [6, 6.07) is 15.6.